The Morgan fingerprint density at radius 3 is 2.93 bits per heavy atom. The van der Waals surface area contributed by atoms with Crippen molar-refractivity contribution in [3.8, 4) is 0 Å². The van der Waals surface area contributed by atoms with Crippen LogP contribution in [0.1, 0.15) is 23.9 Å². The second-order valence-corrected chi connectivity index (χ2v) is 3.67. The third kappa shape index (κ3) is 1.70. The normalized spacial score (nSPS) is 25.3. The molecule has 1 aliphatic rings. The first-order valence-corrected chi connectivity index (χ1v) is 4.62. The number of aliphatic carboxylic acids is 1. The van der Waals surface area contributed by atoms with Crippen molar-refractivity contribution < 1.29 is 14.7 Å². The molecule has 2 unspecified atom stereocenters. The minimum absolute atomic E-state index is 0.0197. The first-order valence-electron chi connectivity index (χ1n) is 4.62. The quantitative estimate of drug-likeness (QED) is 0.637. The Balaban J connectivity index is 2.27. The Kier molecular flexibility index (Phi) is 2.18. The second kappa shape index (κ2) is 3.38. The highest BCUT2D eigenvalue weighted by atomic mass is 16.4. The number of hydrogen-bond donors (Lipinski definition) is 3. The van der Waals surface area contributed by atoms with Crippen LogP contribution in [0, 0.1) is 12.8 Å². The maximum absolute atomic E-state index is 11.1. The molecule has 1 saturated heterocycles. The van der Waals surface area contributed by atoms with Gasteiger partial charge in [0, 0.05) is 12.1 Å². The van der Waals surface area contributed by atoms with Crippen LogP contribution in [-0.4, -0.2) is 27.2 Å². The predicted molar refractivity (Wildman–Crippen MR) is 50.0 cm³/mol. The Morgan fingerprint density at radius 2 is 2.40 bits per heavy atom. The molecule has 6 nitrogen and oxygen atoms in total. The molecule has 0 spiro atoms. The second-order valence-electron chi connectivity index (χ2n) is 3.67. The van der Waals surface area contributed by atoms with Crippen molar-refractivity contribution in [3.63, 3.8) is 0 Å². The summed E-state index contributed by atoms with van der Waals surface area (Å²) in [6, 6.07) is 1.23. The lowest BCUT2D eigenvalue weighted by molar-refractivity contribution is -0.142. The smallest absolute Gasteiger partial charge is 0.309 e. The number of rotatable bonds is 2. The van der Waals surface area contributed by atoms with E-state index >= 15 is 0 Å². The molecule has 80 valence electrons. The number of aromatic amines is 1. The van der Waals surface area contributed by atoms with Gasteiger partial charge in [0.1, 0.15) is 0 Å². The summed E-state index contributed by atoms with van der Waals surface area (Å²) in [5.41, 5.74) is 1.42. The van der Waals surface area contributed by atoms with Crippen LogP contribution in [-0.2, 0) is 9.59 Å². The van der Waals surface area contributed by atoms with E-state index in [1.165, 1.54) is 0 Å². The third-order valence-corrected chi connectivity index (χ3v) is 2.49. The summed E-state index contributed by atoms with van der Waals surface area (Å²) in [5.74, 6) is -1.94. The minimum atomic E-state index is -0.973. The van der Waals surface area contributed by atoms with Gasteiger partial charge in [0.05, 0.1) is 17.7 Å². The van der Waals surface area contributed by atoms with E-state index in [2.05, 4.69) is 15.5 Å². The summed E-state index contributed by atoms with van der Waals surface area (Å²) in [6.07, 6.45) is 0.0197. The van der Waals surface area contributed by atoms with Gasteiger partial charge in [-0.2, -0.15) is 5.10 Å². The van der Waals surface area contributed by atoms with Crippen LogP contribution in [0.15, 0.2) is 6.07 Å². The van der Waals surface area contributed by atoms with Crippen molar-refractivity contribution in [2.45, 2.75) is 19.4 Å². The molecule has 2 atom stereocenters. The van der Waals surface area contributed by atoms with Crippen LogP contribution in [0.25, 0.3) is 0 Å². The molecule has 1 aromatic heterocycles. The molecule has 1 aromatic rings. The largest absolute Gasteiger partial charge is 0.481 e. The minimum Gasteiger partial charge on any atom is -0.481 e. The Bertz CT molecular complexity index is 412. The van der Waals surface area contributed by atoms with E-state index < -0.39 is 17.9 Å². The molecule has 3 N–H and O–H groups in total. The Labute approximate surface area is 85.7 Å². The topological polar surface area (TPSA) is 95.1 Å². The molecule has 1 amide bonds. The number of aryl methyl sites for hydroxylation is 1. The van der Waals surface area contributed by atoms with Gasteiger partial charge in [0.15, 0.2) is 0 Å². The van der Waals surface area contributed by atoms with Crippen molar-refractivity contribution >= 4 is 11.9 Å². The number of carboxylic acids is 1. The van der Waals surface area contributed by atoms with Crippen LogP contribution >= 0.6 is 0 Å². The van der Waals surface area contributed by atoms with Gasteiger partial charge in [0.2, 0.25) is 5.91 Å². The maximum Gasteiger partial charge on any atom is 0.309 e. The van der Waals surface area contributed by atoms with Gasteiger partial charge in [0.25, 0.3) is 0 Å². The number of carboxylic acid groups (broad SMARTS) is 1. The molecule has 0 saturated carbocycles. The van der Waals surface area contributed by atoms with Crippen molar-refractivity contribution in [1.82, 2.24) is 15.5 Å². The van der Waals surface area contributed by atoms with E-state index in [0.717, 1.165) is 5.69 Å². The molecule has 6 heteroatoms. The molecule has 1 aliphatic heterocycles. The average Bonchev–Trinajstić information content (AvgIpc) is 2.71. The summed E-state index contributed by atoms with van der Waals surface area (Å²) >= 11 is 0. The molecule has 0 bridgehead atoms. The Hall–Kier alpha value is -1.85. The number of carbonyl (C=O) groups excluding carboxylic acids is 1. The molecule has 0 radical (unpaired) electrons. The number of hydrogen-bond acceptors (Lipinski definition) is 3. The zero-order valence-corrected chi connectivity index (χ0v) is 8.15. The van der Waals surface area contributed by atoms with Gasteiger partial charge in [-0.25, -0.2) is 0 Å². The molecule has 2 heterocycles. The monoisotopic (exact) mass is 209 g/mol. The van der Waals surface area contributed by atoms with Gasteiger partial charge in [-0.3, -0.25) is 14.7 Å². The molecular formula is C9H11N3O3. The van der Waals surface area contributed by atoms with Crippen molar-refractivity contribution in [2.24, 2.45) is 5.92 Å². The summed E-state index contributed by atoms with van der Waals surface area (Å²) in [4.78, 5) is 22.0. The van der Waals surface area contributed by atoms with Crippen LogP contribution in [0.2, 0.25) is 0 Å². The highest BCUT2D eigenvalue weighted by molar-refractivity contribution is 5.87. The van der Waals surface area contributed by atoms with Crippen molar-refractivity contribution in [3.05, 3.63) is 17.5 Å². The molecule has 1 fully saturated rings. The summed E-state index contributed by atoms with van der Waals surface area (Å²) < 4.78 is 0. The number of nitrogens with one attached hydrogen (secondary N) is 2. The molecular weight excluding hydrogens is 198 g/mol. The first kappa shape index (κ1) is 9.70. The number of carbonyl (C=O) groups is 2. The number of aromatic nitrogens is 2. The lowest BCUT2D eigenvalue weighted by atomic mass is 9.98. The molecule has 2 rings (SSSR count). The van der Waals surface area contributed by atoms with Crippen molar-refractivity contribution in [2.75, 3.05) is 0 Å². The van der Waals surface area contributed by atoms with E-state index in [4.69, 9.17) is 5.11 Å². The standard InChI is InChI=1S/C9H11N3O3/c1-4-2-6(12-11-4)8-5(9(14)15)3-7(13)10-8/h2,5,8H,3H2,1H3,(H,10,13)(H,11,12)(H,14,15). The molecule has 15 heavy (non-hydrogen) atoms. The lowest BCUT2D eigenvalue weighted by Gasteiger charge is -2.11. The summed E-state index contributed by atoms with van der Waals surface area (Å²) in [5, 5.41) is 18.2. The SMILES string of the molecule is Cc1cc(C2NC(=O)CC2C(=O)O)n[nH]1. The summed E-state index contributed by atoms with van der Waals surface area (Å²) in [7, 11) is 0. The highest BCUT2D eigenvalue weighted by Gasteiger charge is 2.39. The zero-order chi connectivity index (χ0) is 11.0. The van der Waals surface area contributed by atoms with Crippen LogP contribution in [0.3, 0.4) is 0 Å². The zero-order valence-electron chi connectivity index (χ0n) is 8.15. The van der Waals surface area contributed by atoms with Gasteiger partial charge in [-0.1, -0.05) is 0 Å². The van der Waals surface area contributed by atoms with E-state index in [1.54, 1.807) is 6.07 Å². The molecule has 0 aromatic carbocycles. The summed E-state index contributed by atoms with van der Waals surface area (Å²) in [6.45, 7) is 1.82. The first-order chi connectivity index (χ1) is 7.08. The van der Waals surface area contributed by atoms with E-state index in [9.17, 15) is 9.59 Å². The van der Waals surface area contributed by atoms with E-state index in [0.29, 0.717) is 5.69 Å². The van der Waals surface area contributed by atoms with Gasteiger partial charge in [-0.15, -0.1) is 0 Å². The maximum atomic E-state index is 11.1. The van der Waals surface area contributed by atoms with Gasteiger partial charge >= 0.3 is 5.97 Å². The predicted octanol–water partition coefficient (Wildman–Crippen LogP) is -0.0201. The Morgan fingerprint density at radius 1 is 1.67 bits per heavy atom. The fourth-order valence-electron chi connectivity index (χ4n) is 1.76. The van der Waals surface area contributed by atoms with Gasteiger partial charge < -0.3 is 10.4 Å². The van der Waals surface area contributed by atoms with Crippen molar-refractivity contribution in [1.29, 1.82) is 0 Å². The van der Waals surface area contributed by atoms with Crippen LogP contribution < -0.4 is 5.32 Å². The van der Waals surface area contributed by atoms with Gasteiger partial charge in [-0.05, 0) is 13.0 Å². The van der Waals surface area contributed by atoms with Crippen LogP contribution in [0.4, 0.5) is 0 Å². The number of nitrogens with zero attached hydrogens (tertiary/aromatic N) is 1. The highest BCUT2D eigenvalue weighted by Crippen LogP contribution is 2.29. The lowest BCUT2D eigenvalue weighted by Crippen LogP contribution is -2.24. The van der Waals surface area contributed by atoms with Crippen LogP contribution in [0.5, 0.6) is 0 Å². The number of H-pyrrole nitrogens is 1. The third-order valence-electron chi connectivity index (χ3n) is 2.49. The molecule has 0 aliphatic carbocycles. The fraction of sp³-hybridized carbons (Fsp3) is 0.444. The number of amides is 1. The fourth-order valence-corrected chi connectivity index (χ4v) is 1.76. The van der Waals surface area contributed by atoms with E-state index in [-0.39, 0.29) is 12.3 Å². The van der Waals surface area contributed by atoms with E-state index in [1.807, 2.05) is 6.92 Å². The average molecular weight is 209 g/mol.